The molecule has 1 aliphatic rings. The fourth-order valence-corrected chi connectivity index (χ4v) is 4.14. The first-order chi connectivity index (χ1) is 25.6. The number of nitrogens with one attached hydrogen (secondary N) is 1. The topological polar surface area (TPSA) is 203 Å². The number of nitrogens with zero attached hydrogens (tertiary/aromatic N) is 1. The number of ether oxygens (including phenoxy) is 11. The van der Waals surface area contributed by atoms with Gasteiger partial charge in [-0.3, -0.25) is 19.3 Å². The van der Waals surface area contributed by atoms with Crippen LogP contribution in [0.3, 0.4) is 0 Å². The molecule has 18 nitrogen and oxygen atoms in total. The zero-order valence-electron chi connectivity index (χ0n) is 30.8. The maximum absolute atomic E-state index is 11.9. The maximum Gasteiger partial charge on any atom is 0.253 e. The highest BCUT2D eigenvalue weighted by molar-refractivity contribution is 6.12. The van der Waals surface area contributed by atoms with Gasteiger partial charge in [0, 0.05) is 31.7 Å². The summed E-state index contributed by atoms with van der Waals surface area (Å²) in [4.78, 5) is 40.4. The molecule has 18 heteroatoms. The minimum Gasteiger partial charge on any atom is -0.377 e. The van der Waals surface area contributed by atoms with E-state index in [-0.39, 0.29) is 17.7 Å². The van der Waals surface area contributed by atoms with E-state index in [1.54, 1.807) is 0 Å². The molecule has 0 spiro atoms. The normalized spacial score (nSPS) is 12.8. The van der Waals surface area contributed by atoms with E-state index in [0.29, 0.717) is 184 Å². The van der Waals surface area contributed by atoms with E-state index in [1.165, 1.54) is 17.1 Å². The SMILES string of the molecule is NOCCOCCOCCOCCOCCOCCOCCOCCOCCOCCOCCOCCNC(=O)CCCCCN1C(=O)C=CC1=O. The molecule has 0 bridgehead atoms. The Morgan fingerprint density at radius 2 is 0.769 bits per heavy atom. The van der Waals surface area contributed by atoms with Crippen molar-refractivity contribution in [3.8, 4) is 0 Å². The maximum atomic E-state index is 11.9. The third-order valence-electron chi connectivity index (χ3n) is 6.82. The number of hydrogen-bond acceptors (Lipinski definition) is 16. The van der Waals surface area contributed by atoms with Gasteiger partial charge in [-0.15, -0.1) is 0 Å². The average Bonchev–Trinajstić information content (AvgIpc) is 3.47. The Balaban J connectivity index is 1.64. The number of amides is 3. The fraction of sp³-hybridized carbons (Fsp3) is 0.853. The first-order valence-electron chi connectivity index (χ1n) is 18.1. The molecule has 0 fully saturated rings. The van der Waals surface area contributed by atoms with Gasteiger partial charge >= 0.3 is 0 Å². The molecule has 1 heterocycles. The summed E-state index contributed by atoms with van der Waals surface area (Å²) < 4.78 is 59.7. The van der Waals surface area contributed by atoms with E-state index in [1.807, 2.05) is 0 Å². The van der Waals surface area contributed by atoms with Crippen molar-refractivity contribution >= 4 is 17.7 Å². The van der Waals surface area contributed by atoms with Crippen molar-refractivity contribution in [2.24, 2.45) is 5.90 Å². The van der Waals surface area contributed by atoms with Gasteiger partial charge in [0.15, 0.2) is 0 Å². The molecule has 0 radical (unpaired) electrons. The molecule has 0 aromatic carbocycles. The molecule has 0 unspecified atom stereocenters. The van der Waals surface area contributed by atoms with Crippen LogP contribution in [0.1, 0.15) is 25.7 Å². The second-order valence-corrected chi connectivity index (χ2v) is 10.9. The predicted molar refractivity (Wildman–Crippen MR) is 186 cm³/mol. The molecule has 3 N–H and O–H groups in total. The number of carbonyl (C=O) groups is 3. The van der Waals surface area contributed by atoms with Crippen LogP contribution in [-0.4, -0.2) is 188 Å². The summed E-state index contributed by atoms with van der Waals surface area (Å²) in [5, 5.41) is 2.81. The van der Waals surface area contributed by atoms with Crippen LogP contribution < -0.4 is 11.2 Å². The lowest BCUT2D eigenvalue weighted by Gasteiger charge is -2.13. The van der Waals surface area contributed by atoms with Crippen molar-refractivity contribution in [2.45, 2.75) is 25.7 Å². The van der Waals surface area contributed by atoms with Crippen LogP contribution in [0.5, 0.6) is 0 Å². The summed E-state index contributed by atoms with van der Waals surface area (Å²) in [6, 6.07) is 0. The summed E-state index contributed by atoms with van der Waals surface area (Å²) in [6.07, 6.45) is 5.10. The monoisotopic (exact) mass is 753 g/mol. The quantitative estimate of drug-likeness (QED) is 0.0465. The Bertz CT molecular complexity index is 854. The molecule has 0 aliphatic carbocycles. The van der Waals surface area contributed by atoms with Crippen LogP contribution in [0.25, 0.3) is 0 Å². The van der Waals surface area contributed by atoms with Crippen LogP contribution in [0, 0.1) is 0 Å². The van der Waals surface area contributed by atoms with Crippen LogP contribution >= 0.6 is 0 Å². The number of unbranched alkanes of at least 4 members (excludes halogenated alkanes) is 2. The molecule has 0 aromatic rings. The Morgan fingerprint density at radius 3 is 1.10 bits per heavy atom. The van der Waals surface area contributed by atoms with E-state index < -0.39 is 0 Å². The molecule has 0 saturated heterocycles. The molecule has 0 atom stereocenters. The Labute approximate surface area is 308 Å². The highest BCUT2D eigenvalue weighted by Crippen LogP contribution is 2.07. The van der Waals surface area contributed by atoms with E-state index in [9.17, 15) is 14.4 Å². The smallest absolute Gasteiger partial charge is 0.253 e. The van der Waals surface area contributed by atoms with Gasteiger partial charge < -0.3 is 62.3 Å². The second kappa shape index (κ2) is 38.6. The fourth-order valence-electron chi connectivity index (χ4n) is 4.14. The molecule has 0 saturated carbocycles. The van der Waals surface area contributed by atoms with Crippen molar-refractivity contribution in [2.75, 3.05) is 165 Å². The minimum atomic E-state index is -0.272. The highest BCUT2D eigenvalue weighted by atomic mass is 16.6. The van der Waals surface area contributed by atoms with Gasteiger partial charge in [0.2, 0.25) is 5.91 Å². The minimum absolute atomic E-state index is 0.0439. The van der Waals surface area contributed by atoms with Crippen molar-refractivity contribution in [3.05, 3.63) is 12.2 Å². The Kier molecular flexibility index (Phi) is 35.5. The third kappa shape index (κ3) is 32.5. The lowest BCUT2D eigenvalue weighted by molar-refractivity contribution is -0.137. The number of carbonyl (C=O) groups excluding carboxylic acids is 3. The average molecular weight is 754 g/mol. The standard InChI is InChI=1S/C34H63N3O15/c35-52-31-30-51-29-28-50-27-26-49-25-24-48-23-22-47-21-20-46-19-18-45-17-16-44-15-14-43-13-12-42-11-10-41-9-7-36-32(38)4-2-1-3-8-37-33(39)5-6-34(37)40/h5-6H,1-4,7-31,35H2,(H,36,38). The third-order valence-corrected chi connectivity index (χ3v) is 6.82. The van der Waals surface area contributed by atoms with Gasteiger partial charge in [0.25, 0.3) is 11.8 Å². The van der Waals surface area contributed by atoms with Crippen LogP contribution in [0.2, 0.25) is 0 Å². The van der Waals surface area contributed by atoms with Crippen molar-refractivity contribution < 1.29 is 71.3 Å². The van der Waals surface area contributed by atoms with E-state index >= 15 is 0 Å². The zero-order chi connectivity index (χ0) is 37.4. The second-order valence-electron chi connectivity index (χ2n) is 10.9. The van der Waals surface area contributed by atoms with E-state index in [0.717, 1.165) is 6.42 Å². The summed E-state index contributed by atoms with van der Waals surface area (Å²) in [7, 11) is 0. The lowest BCUT2D eigenvalue weighted by Crippen LogP contribution is -2.31. The van der Waals surface area contributed by atoms with E-state index in [4.69, 9.17) is 58.0 Å². The Hall–Kier alpha value is -2.17. The van der Waals surface area contributed by atoms with Crippen molar-refractivity contribution in [1.82, 2.24) is 10.2 Å². The molecule has 1 aliphatic heterocycles. The predicted octanol–water partition coefficient (Wildman–Crippen LogP) is -0.339. The van der Waals surface area contributed by atoms with E-state index in [2.05, 4.69) is 10.2 Å². The number of rotatable bonds is 42. The summed E-state index contributed by atoms with van der Waals surface area (Å²) in [6.45, 7) is 11.6. The summed E-state index contributed by atoms with van der Waals surface area (Å²) >= 11 is 0. The van der Waals surface area contributed by atoms with Gasteiger partial charge in [0.05, 0.1) is 152 Å². The largest absolute Gasteiger partial charge is 0.377 e. The molecule has 0 aromatic heterocycles. The number of hydrogen-bond donors (Lipinski definition) is 2. The molecule has 3 amide bonds. The van der Waals surface area contributed by atoms with Gasteiger partial charge in [-0.25, -0.2) is 5.90 Å². The summed E-state index contributed by atoms with van der Waals surface area (Å²) in [5.74, 6) is 4.30. The number of imide groups is 1. The molecule has 304 valence electrons. The van der Waals surface area contributed by atoms with Crippen LogP contribution in [0.4, 0.5) is 0 Å². The van der Waals surface area contributed by atoms with Crippen molar-refractivity contribution in [3.63, 3.8) is 0 Å². The van der Waals surface area contributed by atoms with Gasteiger partial charge in [-0.05, 0) is 12.8 Å². The highest BCUT2D eigenvalue weighted by Gasteiger charge is 2.22. The zero-order valence-corrected chi connectivity index (χ0v) is 30.8. The van der Waals surface area contributed by atoms with Crippen LogP contribution in [-0.2, 0) is 71.3 Å². The summed E-state index contributed by atoms with van der Waals surface area (Å²) in [5.41, 5.74) is 0. The Morgan fingerprint density at radius 1 is 0.462 bits per heavy atom. The van der Waals surface area contributed by atoms with Gasteiger partial charge in [0.1, 0.15) is 0 Å². The first kappa shape index (κ1) is 47.9. The van der Waals surface area contributed by atoms with Crippen molar-refractivity contribution in [1.29, 1.82) is 0 Å². The molecular weight excluding hydrogens is 690 g/mol. The molecule has 1 rings (SSSR count). The molecular formula is C34H63N3O15. The van der Waals surface area contributed by atoms with Gasteiger partial charge in [-0.1, -0.05) is 6.42 Å². The first-order valence-corrected chi connectivity index (χ1v) is 18.1. The van der Waals surface area contributed by atoms with Crippen LogP contribution in [0.15, 0.2) is 12.2 Å². The van der Waals surface area contributed by atoms with Gasteiger partial charge in [-0.2, -0.15) is 0 Å². The number of nitrogens with two attached hydrogens (primary N) is 1. The lowest BCUT2D eigenvalue weighted by atomic mass is 10.2. The molecule has 52 heavy (non-hydrogen) atoms.